The number of amides is 2. The summed E-state index contributed by atoms with van der Waals surface area (Å²) in [5, 5.41) is 11.1. The number of hydroxylamine groups is 1. The molecule has 5 N–H and O–H groups in total. The van der Waals surface area contributed by atoms with Gasteiger partial charge in [-0.05, 0) is 25.0 Å². The Morgan fingerprint density at radius 1 is 1.15 bits per heavy atom. The number of hydrogen-bond donors (Lipinski definition) is 4. The van der Waals surface area contributed by atoms with E-state index in [0.29, 0.717) is 12.8 Å². The van der Waals surface area contributed by atoms with Gasteiger partial charge in [0.05, 0.1) is 6.04 Å². The van der Waals surface area contributed by atoms with Gasteiger partial charge in [-0.3, -0.25) is 14.8 Å². The van der Waals surface area contributed by atoms with Crippen LogP contribution >= 0.6 is 0 Å². The van der Waals surface area contributed by atoms with Gasteiger partial charge in [0.1, 0.15) is 0 Å². The van der Waals surface area contributed by atoms with Crippen LogP contribution in [0.5, 0.6) is 0 Å². The molecule has 0 unspecified atom stereocenters. The fraction of sp³-hybridized carbons (Fsp3) is 0.429. The van der Waals surface area contributed by atoms with Crippen LogP contribution in [0.25, 0.3) is 0 Å². The van der Waals surface area contributed by atoms with Gasteiger partial charge >= 0.3 is 0 Å². The number of benzene rings is 1. The molecule has 0 spiro atoms. The molecule has 0 aliphatic carbocycles. The van der Waals surface area contributed by atoms with Crippen LogP contribution in [0.15, 0.2) is 30.3 Å². The lowest BCUT2D eigenvalue weighted by atomic mass is 10.1. The van der Waals surface area contributed by atoms with Crippen molar-refractivity contribution in [1.82, 2.24) is 5.48 Å². The van der Waals surface area contributed by atoms with E-state index in [1.54, 1.807) is 17.6 Å². The van der Waals surface area contributed by atoms with Crippen LogP contribution in [-0.4, -0.2) is 23.1 Å². The highest BCUT2D eigenvalue weighted by molar-refractivity contribution is 5.94. The van der Waals surface area contributed by atoms with Crippen LogP contribution in [-0.2, 0) is 9.59 Å². The van der Waals surface area contributed by atoms with E-state index in [1.807, 2.05) is 18.2 Å². The number of rotatable bonds is 8. The third-order valence-electron chi connectivity index (χ3n) is 2.92. The van der Waals surface area contributed by atoms with Gasteiger partial charge in [0.2, 0.25) is 11.8 Å². The van der Waals surface area contributed by atoms with E-state index >= 15 is 0 Å². The maximum absolute atomic E-state index is 11.8. The molecule has 0 saturated heterocycles. The van der Waals surface area contributed by atoms with Crippen molar-refractivity contribution in [1.29, 1.82) is 0 Å². The molecule has 0 saturated carbocycles. The van der Waals surface area contributed by atoms with Crippen molar-refractivity contribution < 1.29 is 14.8 Å². The van der Waals surface area contributed by atoms with Gasteiger partial charge in [0, 0.05) is 12.1 Å². The molecular formula is C14H21N3O3. The molecular weight excluding hydrogens is 258 g/mol. The van der Waals surface area contributed by atoms with Crippen molar-refractivity contribution in [2.24, 2.45) is 5.73 Å². The number of nitrogens with one attached hydrogen (secondary N) is 2. The average molecular weight is 279 g/mol. The third-order valence-corrected chi connectivity index (χ3v) is 2.92. The zero-order chi connectivity index (χ0) is 14.8. The summed E-state index contributed by atoms with van der Waals surface area (Å²) in [6, 6.07) is 8.61. The van der Waals surface area contributed by atoms with E-state index in [2.05, 4.69) is 5.32 Å². The average Bonchev–Trinajstić information content (AvgIpc) is 2.47. The molecule has 1 aromatic carbocycles. The molecule has 0 radical (unpaired) electrons. The molecule has 0 heterocycles. The highest BCUT2D eigenvalue weighted by Crippen LogP contribution is 2.08. The van der Waals surface area contributed by atoms with Crippen LogP contribution in [0.2, 0.25) is 0 Å². The van der Waals surface area contributed by atoms with E-state index in [1.165, 1.54) is 0 Å². The summed E-state index contributed by atoms with van der Waals surface area (Å²) in [6.07, 6.45) is 3.07. The predicted octanol–water partition coefficient (Wildman–Crippen LogP) is 1.41. The van der Waals surface area contributed by atoms with E-state index in [9.17, 15) is 9.59 Å². The normalized spacial score (nSPS) is 11.7. The van der Waals surface area contributed by atoms with Crippen LogP contribution < -0.4 is 16.5 Å². The molecule has 1 aromatic rings. The second-order valence-electron chi connectivity index (χ2n) is 4.60. The van der Waals surface area contributed by atoms with E-state index in [-0.39, 0.29) is 12.3 Å². The monoisotopic (exact) mass is 279 g/mol. The lowest BCUT2D eigenvalue weighted by Gasteiger charge is -2.12. The van der Waals surface area contributed by atoms with Crippen molar-refractivity contribution in [2.45, 2.75) is 38.1 Å². The Labute approximate surface area is 118 Å². The van der Waals surface area contributed by atoms with Crippen LogP contribution in [0.4, 0.5) is 5.69 Å². The van der Waals surface area contributed by atoms with Crippen molar-refractivity contribution >= 4 is 17.5 Å². The first-order valence-corrected chi connectivity index (χ1v) is 6.68. The molecule has 0 aliphatic rings. The molecule has 0 bridgehead atoms. The first-order valence-electron chi connectivity index (χ1n) is 6.68. The zero-order valence-electron chi connectivity index (χ0n) is 11.3. The SMILES string of the molecule is N[C@@H](CCCCCC(=O)NO)C(=O)Nc1ccccc1. The second-order valence-corrected chi connectivity index (χ2v) is 4.60. The summed E-state index contributed by atoms with van der Waals surface area (Å²) in [7, 11) is 0. The van der Waals surface area contributed by atoms with E-state index < -0.39 is 11.9 Å². The minimum absolute atomic E-state index is 0.204. The predicted molar refractivity (Wildman–Crippen MR) is 76.1 cm³/mol. The van der Waals surface area contributed by atoms with Crippen molar-refractivity contribution in [3.8, 4) is 0 Å². The zero-order valence-corrected chi connectivity index (χ0v) is 11.3. The highest BCUT2D eigenvalue weighted by atomic mass is 16.5. The Bertz CT molecular complexity index is 423. The summed E-state index contributed by atoms with van der Waals surface area (Å²) in [6.45, 7) is 0. The summed E-state index contributed by atoms with van der Waals surface area (Å²) < 4.78 is 0. The molecule has 0 aliphatic heterocycles. The second kappa shape index (κ2) is 9.06. The highest BCUT2D eigenvalue weighted by Gasteiger charge is 2.12. The largest absolute Gasteiger partial charge is 0.325 e. The fourth-order valence-corrected chi connectivity index (χ4v) is 1.77. The van der Waals surface area contributed by atoms with Gasteiger partial charge in [-0.25, -0.2) is 5.48 Å². The Hall–Kier alpha value is -1.92. The number of unbranched alkanes of at least 4 members (excludes halogenated alkanes) is 2. The van der Waals surface area contributed by atoms with Crippen LogP contribution in [0, 0.1) is 0 Å². The van der Waals surface area contributed by atoms with Crippen molar-refractivity contribution in [3.63, 3.8) is 0 Å². The van der Waals surface area contributed by atoms with Gasteiger partial charge in [-0.2, -0.15) is 0 Å². The summed E-state index contributed by atoms with van der Waals surface area (Å²) in [5.74, 6) is -0.597. The Morgan fingerprint density at radius 3 is 2.50 bits per heavy atom. The molecule has 2 amide bonds. The fourth-order valence-electron chi connectivity index (χ4n) is 1.77. The quantitative estimate of drug-likeness (QED) is 0.328. The first-order chi connectivity index (χ1) is 9.63. The third kappa shape index (κ3) is 6.31. The molecule has 0 aromatic heterocycles. The maximum atomic E-state index is 11.8. The molecule has 6 heteroatoms. The Balaban J connectivity index is 2.17. The van der Waals surface area contributed by atoms with Gasteiger partial charge in [0.15, 0.2) is 0 Å². The summed E-state index contributed by atoms with van der Waals surface area (Å²) in [5.41, 5.74) is 8.11. The topological polar surface area (TPSA) is 104 Å². The van der Waals surface area contributed by atoms with Gasteiger partial charge in [-0.1, -0.05) is 31.0 Å². The van der Waals surface area contributed by atoms with Crippen molar-refractivity contribution in [2.75, 3.05) is 5.32 Å². The molecule has 20 heavy (non-hydrogen) atoms. The van der Waals surface area contributed by atoms with Gasteiger partial charge in [-0.15, -0.1) is 0 Å². The smallest absolute Gasteiger partial charge is 0.243 e. The number of carbonyl (C=O) groups excluding carboxylic acids is 2. The summed E-state index contributed by atoms with van der Waals surface area (Å²) >= 11 is 0. The number of anilines is 1. The Morgan fingerprint density at radius 2 is 1.85 bits per heavy atom. The standard InChI is InChI=1S/C14H21N3O3/c15-12(9-5-2-6-10-13(18)17-20)14(19)16-11-7-3-1-4-8-11/h1,3-4,7-8,12,20H,2,5-6,9-10,15H2,(H,16,19)(H,17,18)/t12-/m0/s1. The molecule has 6 nitrogen and oxygen atoms in total. The minimum Gasteiger partial charge on any atom is -0.325 e. The van der Waals surface area contributed by atoms with Crippen LogP contribution in [0.1, 0.15) is 32.1 Å². The molecule has 110 valence electrons. The summed E-state index contributed by atoms with van der Waals surface area (Å²) in [4.78, 5) is 22.6. The van der Waals surface area contributed by atoms with Gasteiger partial charge in [0.25, 0.3) is 0 Å². The number of hydrogen-bond acceptors (Lipinski definition) is 4. The van der Waals surface area contributed by atoms with E-state index in [0.717, 1.165) is 18.5 Å². The molecule has 1 atom stereocenters. The number of nitrogens with two attached hydrogens (primary N) is 1. The Kier molecular flexibility index (Phi) is 7.31. The van der Waals surface area contributed by atoms with E-state index in [4.69, 9.17) is 10.9 Å². The maximum Gasteiger partial charge on any atom is 0.243 e. The molecule has 1 rings (SSSR count). The van der Waals surface area contributed by atoms with Crippen LogP contribution in [0.3, 0.4) is 0 Å². The lowest BCUT2D eigenvalue weighted by Crippen LogP contribution is -2.35. The number of carbonyl (C=O) groups is 2. The minimum atomic E-state index is -0.554. The van der Waals surface area contributed by atoms with Crippen molar-refractivity contribution in [3.05, 3.63) is 30.3 Å². The first kappa shape index (κ1) is 16.1. The molecule has 0 fully saturated rings. The number of para-hydroxylation sites is 1. The lowest BCUT2D eigenvalue weighted by molar-refractivity contribution is -0.129. The van der Waals surface area contributed by atoms with Gasteiger partial charge < -0.3 is 11.1 Å².